The van der Waals surface area contributed by atoms with Crippen molar-refractivity contribution >= 4 is 21.6 Å². The first-order chi connectivity index (χ1) is 11.3. The van der Waals surface area contributed by atoms with E-state index in [2.05, 4.69) is 9.88 Å². The summed E-state index contributed by atoms with van der Waals surface area (Å²) in [4.78, 5) is 6.77. The smallest absolute Gasteiger partial charge is 0.226 e. The van der Waals surface area contributed by atoms with Crippen LogP contribution in [-0.4, -0.2) is 55.0 Å². The Bertz CT molecular complexity index is 827. The van der Waals surface area contributed by atoms with E-state index in [0.29, 0.717) is 43.6 Å². The standard InChI is InChI=1S/C16H20ClN3O3S/c1-12-15(11-19-6-8-20(9-7-19)24(2,21)22)18-16(23-12)13-4-3-5-14(17)10-13/h3-5,10H,6-9,11H2,1-2H3. The van der Waals surface area contributed by atoms with Gasteiger partial charge in [0.25, 0.3) is 0 Å². The number of aryl methyl sites for hydroxylation is 1. The van der Waals surface area contributed by atoms with Crippen molar-refractivity contribution in [3.63, 3.8) is 0 Å². The van der Waals surface area contributed by atoms with Crippen molar-refractivity contribution in [3.8, 4) is 11.5 Å². The summed E-state index contributed by atoms with van der Waals surface area (Å²) < 4.78 is 30.4. The van der Waals surface area contributed by atoms with Crippen molar-refractivity contribution < 1.29 is 12.8 Å². The number of sulfonamides is 1. The zero-order valence-corrected chi connectivity index (χ0v) is 15.3. The molecule has 1 aromatic carbocycles. The first kappa shape index (κ1) is 17.4. The molecule has 0 saturated carbocycles. The van der Waals surface area contributed by atoms with E-state index in [0.717, 1.165) is 17.0 Å². The number of halogens is 1. The lowest BCUT2D eigenvalue weighted by molar-refractivity contribution is 0.180. The topological polar surface area (TPSA) is 66.7 Å². The van der Waals surface area contributed by atoms with Crippen LogP contribution in [0.3, 0.4) is 0 Å². The molecule has 1 aliphatic heterocycles. The molecule has 1 aromatic heterocycles. The van der Waals surface area contributed by atoms with Crippen molar-refractivity contribution in [2.24, 2.45) is 0 Å². The van der Waals surface area contributed by atoms with Crippen molar-refractivity contribution in [2.75, 3.05) is 32.4 Å². The second kappa shape index (κ2) is 6.84. The molecule has 6 nitrogen and oxygen atoms in total. The Morgan fingerprint density at radius 1 is 1.25 bits per heavy atom. The summed E-state index contributed by atoms with van der Waals surface area (Å²) in [5.74, 6) is 1.33. The molecule has 1 aliphatic rings. The third kappa shape index (κ3) is 3.97. The summed E-state index contributed by atoms with van der Waals surface area (Å²) >= 11 is 6.02. The maximum absolute atomic E-state index is 11.6. The molecule has 0 amide bonds. The number of hydrogen-bond acceptors (Lipinski definition) is 5. The Morgan fingerprint density at radius 3 is 2.58 bits per heavy atom. The number of oxazole rings is 1. The van der Waals surface area contributed by atoms with Gasteiger partial charge in [-0.25, -0.2) is 13.4 Å². The number of hydrogen-bond donors (Lipinski definition) is 0. The molecule has 24 heavy (non-hydrogen) atoms. The SMILES string of the molecule is Cc1oc(-c2cccc(Cl)c2)nc1CN1CCN(S(C)(=O)=O)CC1. The monoisotopic (exact) mass is 369 g/mol. The Balaban J connectivity index is 1.69. The maximum Gasteiger partial charge on any atom is 0.226 e. The predicted octanol–water partition coefficient (Wildman–Crippen LogP) is 2.38. The minimum atomic E-state index is -3.11. The van der Waals surface area contributed by atoms with Crippen LogP contribution in [0.2, 0.25) is 5.02 Å². The molecule has 0 spiro atoms. The van der Waals surface area contributed by atoms with Crippen LogP contribution in [0.25, 0.3) is 11.5 Å². The zero-order valence-electron chi connectivity index (χ0n) is 13.7. The molecule has 130 valence electrons. The fourth-order valence-corrected chi connectivity index (χ4v) is 3.77. The maximum atomic E-state index is 11.6. The normalized spacial score (nSPS) is 17.3. The van der Waals surface area contributed by atoms with Gasteiger partial charge in [-0.05, 0) is 25.1 Å². The second-order valence-electron chi connectivity index (χ2n) is 5.97. The Morgan fingerprint density at radius 2 is 1.96 bits per heavy atom. The summed E-state index contributed by atoms with van der Waals surface area (Å²) in [6.45, 7) is 4.93. The van der Waals surface area contributed by atoms with Gasteiger partial charge in [0.15, 0.2) is 0 Å². The molecule has 1 saturated heterocycles. The number of nitrogens with zero attached hydrogens (tertiary/aromatic N) is 3. The van der Waals surface area contributed by atoms with E-state index in [1.54, 1.807) is 0 Å². The summed E-state index contributed by atoms with van der Waals surface area (Å²) in [6.07, 6.45) is 1.25. The summed E-state index contributed by atoms with van der Waals surface area (Å²) in [5, 5.41) is 0.641. The van der Waals surface area contributed by atoms with Crippen molar-refractivity contribution in [1.82, 2.24) is 14.2 Å². The van der Waals surface area contributed by atoms with Crippen LogP contribution in [0.15, 0.2) is 28.7 Å². The molecule has 2 heterocycles. The van der Waals surface area contributed by atoms with E-state index >= 15 is 0 Å². The molecular formula is C16H20ClN3O3S. The van der Waals surface area contributed by atoms with Gasteiger partial charge in [-0.3, -0.25) is 4.90 Å². The fourth-order valence-electron chi connectivity index (χ4n) is 2.75. The first-order valence-electron chi connectivity index (χ1n) is 7.72. The van der Waals surface area contributed by atoms with Gasteiger partial charge in [0.1, 0.15) is 5.76 Å². The molecular weight excluding hydrogens is 350 g/mol. The van der Waals surface area contributed by atoms with E-state index < -0.39 is 10.0 Å². The molecule has 1 fully saturated rings. The molecule has 0 bridgehead atoms. The van der Waals surface area contributed by atoms with Crippen LogP contribution in [0.5, 0.6) is 0 Å². The first-order valence-corrected chi connectivity index (χ1v) is 9.95. The van der Waals surface area contributed by atoms with Crippen LogP contribution in [0, 0.1) is 6.92 Å². The molecule has 2 aromatic rings. The lowest BCUT2D eigenvalue weighted by atomic mass is 10.2. The van der Waals surface area contributed by atoms with Crippen molar-refractivity contribution in [2.45, 2.75) is 13.5 Å². The number of aromatic nitrogens is 1. The number of rotatable bonds is 4. The molecule has 0 radical (unpaired) electrons. The second-order valence-corrected chi connectivity index (χ2v) is 8.39. The highest BCUT2D eigenvalue weighted by Gasteiger charge is 2.24. The van der Waals surface area contributed by atoms with E-state index in [1.165, 1.54) is 10.6 Å². The third-order valence-electron chi connectivity index (χ3n) is 4.14. The van der Waals surface area contributed by atoms with Gasteiger partial charge in [-0.15, -0.1) is 0 Å². The van der Waals surface area contributed by atoms with E-state index in [-0.39, 0.29) is 0 Å². The van der Waals surface area contributed by atoms with Gasteiger partial charge in [0.2, 0.25) is 15.9 Å². The van der Waals surface area contributed by atoms with E-state index in [4.69, 9.17) is 16.0 Å². The zero-order chi connectivity index (χ0) is 17.3. The highest BCUT2D eigenvalue weighted by Crippen LogP contribution is 2.25. The predicted molar refractivity (Wildman–Crippen MR) is 93.4 cm³/mol. The minimum Gasteiger partial charge on any atom is -0.441 e. The molecule has 0 aliphatic carbocycles. The lowest BCUT2D eigenvalue weighted by Gasteiger charge is -2.32. The highest BCUT2D eigenvalue weighted by atomic mass is 35.5. The Labute approximate surface area is 147 Å². The van der Waals surface area contributed by atoms with Gasteiger partial charge >= 0.3 is 0 Å². The summed E-state index contributed by atoms with van der Waals surface area (Å²) in [5.41, 5.74) is 1.72. The average molecular weight is 370 g/mol. The van der Waals surface area contributed by atoms with Crippen LogP contribution in [0.1, 0.15) is 11.5 Å². The Hall–Kier alpha value is -1.41. The van der Waals surface area contributed by atoms with Crippen LogP contribution in [0.4, 0.5) is 0 Å². The summed E-state index contributed by atoms with van der Waals surface area (Å²) in [6, 6.07) is 7.40. The third-order valence-corrected chi connectivity index (χ3v) is 5.68. The minimum absolute atomic E-state index is 0.511. The van der Waals surface area contributed by atoms with Gasteiger partial charge in [-0.2, -0.15) is 4.31 Å². The van der Waals surface area contributed by atoms with E-state index in [1.807, 2.05) is 31.2 Å². The van der Waals surface area contributed by atoms with Gasteiger partial charge in [0, 0.05) is 43.3 Å². The van der Waals surface area contributed by atoms with Gasteiger partial charge in [0.05, 0.1) is 11.9 Å². The van der Waals surface area contributed by atoms with Gasteiger partial charge < -0.3 is 4.42 Å². The fraction of sp³-hybridized carbons (Fsp3) is 0.438. The van der Waals surface area contributed by atoms with Crippen molar-refractivity contribution in [3.05, 3.63) is 40.7 Å². The van der Waals surface area contributed by atoms with Crippen LogP contribution < -0.4 is 0 Å². The quantitative estimate of drug-likeness (QED) is 0.827. The lowest BCUT2D eigenvalue weighted by Crippen LogP contribution is -2.47. The van der Waals surface area contributed by atoms with Crippen molar-refractivity contribution in [1.29, 1.82) is 0 Å². The summed E-state index contributed by atoms with van der Waals surface area (Å²) in [7, 11) is -3.11. The number of benzene rings is 1. The van der Waals surface area contributed by atoms with E-state index in [9.17, 15) is 8.42 Å². The largest absolute Gasteiger partial charge is 0.441 e. The molecule has 8 heteroatoms. The average Bonchev–Trinajstić information content (AvgIpc) is 2.88. The van der Waals surface area contributed by atoms with Gasteiger partial charge in [-0.1, -0.05) is 17.7 Å². The Kier molecular flexibility index (Phi) is 4.96. The molecule has 0 unspecified atom stereocenters. The van der Waals surface area contributed by atoms with Crippen LogP contribution >= 0.6 is 11.6 Å². The molecule has 3 rings (SSSR count). The molecule has 0 N–H and O–H groups in total. The number of piperazine rings is 1. The van der Waals surface area contributed by atoms with Crippen LogP contribution in [-0.2, 0) is 16.6 Å². The molecule has 0 atom stereocenters. The highest BCUT2D eigenvalue weighted by molar-refractivity contribution is 7.88.